The molecule has 1 amide bonds. The lowest BCUT2D eigenvalue weighted by Crippen LogP contribution is -2.43. The van der Waals surface area contributed by atoms with Crippen LogP contribution in [0.4, 0.5) is 5.69 Å². The summed E-state index contributed by atoms with van der Waals surface area (Å²) >= 11 is 0. The molecule has 1 aliphatic rings. The SMILES string of the molecule is Cc1nc(-c2ccc(NC(=O)C3CCCN3S(=O)(=O)c3ccccc3)cc2)n[nH]1. The summed E-state index contributed by atoms with van der Waals surface area (Å²) in [6.45, 7) is 2.15. The number of anilines is 1. The Labute approximate surface area is 169 Å². The number of aromatic amines is 1. The number of nitrogens with one attached hydrogen (secondary N) is 2. The maximum Gasteiger partial charge on any atom is 0.243 e. The molecule has 8 nitrogen and oxygen atoms in total. The van der Waals surface area contributed by atoms with Crippen molar-refractivity contribution in [3.63, 3.8) is 0 Å². The molecular formula is C20H21N5O3S. The van der Waals surface area contributed by atoms with Crippen LogP contribution in [0.15, 0.2) is 59.5 Å². The molecule has 2 N–H and O–H groups in total. The topological polar surface area (TPSA) is 108 Å². The molecule has 1 saturated heterocycles. The molecule has 2 heterocycles. The molecular weight excluding hydrogens is 390 g/mol. The number of sulfonamides is 1. The molecule has 150 valence electrons. The Kier molecular flexibility index (Phi) is 5.16. The second kappa shape index (κ2) is 7.76. The largest absolute Gasteiger partial charge is 0.325 e. The number of H-pyrrole nitrogens is 1. The zero-order valence-electron chi connectivity index (χ0n) is 15.9. The van der Waals surface area contributed by atoms with Gasteiger partial charge >= 0.3 is 0 Å². The first-order valence-corrected chi connectivity index (χ1v) is 10.8. The van der Waals surface area contributed by atoms with Crippen molar-refractivity contribution >= 4 is 21.6 Å². The van der Waals surface area contributed by atoms with E-state index in [4.69, 9.17) is 0 Å². The molecule has 9 heteroatoms. The van der Waals surface area contributed by atoms with Crippen LogP contribution >= 0.6 is 0 Å². The van der Waals surface area contributed by atoms with Crippen molar-refractivity contribution in [1.82, 2.24) is 19.5 Å². The summed E-state index contributed by atoms with van der Waals surface area (Å²) in [5.41, 5.74) is 1.41. The molecule has 1 aromatic heterocycles. The molecule has 29 heavy (non-hydrogen) atoms. The third-order valence-corrected chi connectivity index (χ3v) is 6.79. The molecule has 0 bridgehead atoms. The molecule has 1 aliphatic heterocycles. The van der Waals surface area contributed by atoms with Gasteiger partial charge in [-0.2, -0.15) is 9.40 Å². The van der Waals surface area contributed by atoms with Crippen molar-refractivity contribution in [2.45, 2.75) is 30.7 Å². The summed E-state index contributed by atoms with van der Waals surface area (Å²) in [5, 5.41) is 9.73. The molecule has 0 radical (unpaired) electrons. The van der Waals surface area contributed by atoms with E-state index in [1.807, 2.05) is 19.1 Å². The first-order valence-electron chi connectivity index (χ1n) is 9.32. The normalized spacial score (nSPS) is 17.3. The predicted octanol–water partition coefficient (Wildman–Crippen LogP) is 2.57. The Hall–Kier alpha value is -3.04. The van der Waals surface area contributed by atoms with Crippen LogP contribution in [0.1, 0.15) is 18.7 Å². The highest BCUT2D eigenvalue weighted by molar-refractivity contribution is 7.89. The number of nitrogens with zero attached hydrogens (tertiary/aromatic N) is 3. The Morgan fingerprint density at radius 3 is 2.52 bits per heavy atom. The number of benzene rings is 2. The molecule has 1 fully saturated rings. The van der Waals surface area contributed by atoms with E-state index < -0.39 is 16.1 Å². The smallest absolute Gasteiger partial charge is 0.243 e. The average molecular weight is 411 g/mol. The maximum atomic E-state index is 12.9. The highest BCUT2D eigenvalue weighted by atomic mass is 32.2. The number of aromatic nitrogens is 3. The van der Waals surface area contributed by atoms with Gasteiger partial charge in [0.15, 0.2) is 5.82 Å². The van der Waals surface area contributed by atoms with Gasteiger partial charge in [-0.25, -0.2) is 13.4 Å². The van der Waals surface area contributed by atoms with Crippen molar-refractivity contribution in [3.05, 3.63) is 60.4 Å². The number of rotatable bonds is 5. The van der Waals surface area contributed by atoms with E-state index in [-0.39, 0.29) is 10.8 Å². The number of carbonyl (C=O) groups is 1. The number of carbonyl (C=O) groups excluding carboxylic acids is 1. The van der Waals surface area contributed by atoms with Crippen LogP contribution in [0.2, 0.25) is 0 Å². The fourth-order valence-corrected chi connectivity index (χ4v) is 5.10. The minimum absolute atomic E-state index is 0.200. The highest BCUT2D eigenvalue weighted by Gasteiger charge is 2.39. The van der Waals surface area contributed by atoms with Crippen LogP contribution in [0.25, 0.3) is 11.4 Å². The summed E-state index contributed by atoms with van der Waals surface area (Å²) < 4.78 is 27.2. The number of aryl methyl sites for hydroxylation is 1. The Bertz CT molecular complexity index is 1110. The molecule has 0 saturated carbocycles. The molecule has 1 unspecified atom stereocenters. The van der Waals surface area contributed by atoms with E-state index in [0.717, 1.165) is 11.4 Å². The molecule has 2 aromatic carbocycles. The van der Waals surface area contributed by atoms with Gasteiger partial charge in [-0.05, 0) is 56.2 Å². The first-order chi connectivity index (χ1) is 13.9. The van der Waals surface area contributed by atoms with Crippen LogP contribution in [0, 0.1) is 6.92 Å². The number of hydrogen-bond donors (Lipinski definition) is 2. The lowest BCUT2D eigenvalue weighted by atomic mass is 10.1. The minimum atomic E-state index is -3.71. The van der Waals surface area contributed by atoms with Crippen LogP contribution < -0.4 is 5.32 Å². The quantitative estimate of drug-likeness (QED) is 0.671. The van der Waals surface area contributed by atoms with Gasteiger partial charge in [0.05, 0.1) is 4.90 Å². The maximum absolute atomic E-state index is 12.9. The number of hydrogen-bond acceptors (Lipinski definition) is 5. The van der Waals surface area contributed by atoms with Gasteiger partial charge in [0.25, 0.3) is 0 Å². The molecule has 1 atom stereocenters. The van der Waals surface area contributed by atoms with E-state index in [0.29, 0.717) is 30.9 Å². The van der Waals surface area contributed by atoms with E-state index in [2.05, 4.69) is 20.5 Å². The van der Waals surface area contributed by atoms with Crippen molar-refractivity contribution in [3.8, 4) is 11.4 Å². The number of amides is 1. The standard InChI is InChI=1S/C20H21N5O3S/c1-14-21-19(24-23-14)15-9-11-16(12-10-15)22-20(26)18-8-5-13-25(18)29(27,28)17-6-3-2-4-7-17/h2-4,6-7,9-12,18H,5,8,13H2,1H3,(H,22,26)(H,21,23,24). The van der Waals surface area contributed by atoms with Crippen LogP contribution in [0.5, 0.6) is 0 Å². The fourth-order valence-electron chi connectivity index (χ4n) is 3.42. The second-order valence-electron chi connectivity index (χ2n) is 6.90. The zero-order valence-corrected chi connectivity index (χ0v) is 16.7. The Balaban J connectivity index is 1.49. The summed E-state index contributed by atoms with van der Waals surface area (Å²) in [4.78, 5) is 17.3. The van der Waals surface area contributed by atoms with Crippen molar-refractivity contribution in [2.75, 3.05) is 11.9 Å². The van der Waals surface area contributed by atoms with Crippen molar-refractivity contribution < 1.29 is 13.2 Å². The monoisotopic (exact) mass is 411 g/mol. The predicted molar refractivity (Wildman–Crippen MR) is 109 cm³/mol. The van der Waals surface area contributed by atoms with E-state index in [1.165, 1.54) is 4.31 Å². The van der Waals surface area contributed by atoms with E-state index in [1.54, 1.807) is 42.5 Å². The summed E-state index contributed by atoms with van der Waals surface area (Å²) in [7, 11) is -3.71. The second-order valence-corrected chi connectivity index (χ2v) is 8.79. The minimum Gasteiger partial charge on any atom is -0.325 e. The molecule has 0 aliphatic carbocycles. The van der Waals surface area contributed by atoms with Gasteiger partial charge in [0.1, 0.15) is 11.9 Å². The molecule has 0 spiro atoms. The fraction of sp³-hybridized carbons (Fsp3) is 0.250. The first kappa shape index (κ1) is 19.3. The highest BCUT2D eigenvalue weighted by Crippen LogP contribution is 2.27. The summed E-state index contributed by atoms with van der Waals surface area (Å²) in [5.74, 6) is 0.970. The van der Waals surface area contributed by atoms with Crippen molar-refractivity contribution in [2.24, 2.45) is 0 Å². The van der Waals surface area contributed by atoms with E-state index in [9.17, 15) is 13.2 Å². The van der Waals surface area contributed by atoms with Crippen LogP contribution in [-0.4, -0.2) is 46.4 Å². The van der Waals surface area contributed by atoms with Gasteiger partial charge in [-0.3, -0.25) is 9.89 Å². The third-order valence-electron chi connectivity index (χ3n) is 4.86. The van der Waals surface area contributed by atoms with Crippen LogP contribution in [0.3, 0.4) is 0 Å². The summed E-state index contributed by atoms with van der Waals surface area (Å²) in [6.07, 6.45) is 1.14. The van der Waals surface area contributed by atoms with Gasteiger partial charge < -0.3 is 5.32 Å². The van der Waals surface area contributed by atoms with Gasteiger partial charge in [-0.15, -0.1) is 0 Å². The van der Waals surface area contributed by atoms with Gasteiger partial charge in [0, 0.05) is 17.8 Å². The molecule has 3 aromatic rings. The summed E-state index contributed by atoms with van der Waals surface area (Å²) in [6, 6.07) is 14.6. The van der Waals surface area contributed by atoms with Crippen molar-refractivity contribution in [1.29, 1.82) is 0 Å². The average Bonchev–Trinajstić information content (AvgIpc) is 3.39. The third kappa shape index (κ3) is 3.92. The molecule has 4 rings (SSSR count). The van der Waals surface area contributed by atoms with E-state index >= 15 is 0 Å². The Morgan fingerprint density at radius 1 is 1.14 bits per heavy atom. The van der Waals surface area contributed by atoms with Gasteiger partial charge in [-0.1, -0.05) is 18.2 Å². The zero-order chi connectivity index (χ0) is 20.4. The van der Waals surface area contributed by atoms with Gasteiger partial charge in [0.2, 0.25) is 15.9 Å². The van der Waals surface area contributed by atoms with Crippen LogP contribution in [-0.2, 0) is 14.8 Å². The lowest BCUT2D eigenvalue weighted by Gasteiger charge is -2.23. The lowest BCUT2D eigenvalue weighted by molar-refractivity contribution is -0.119. The Morgan fingerprint density at radius 2 is 1.86 bits per heavy atom.